The smallest absolute Gasteiger partial charge is 0.0205 e. The summed E-state index contributed by atoms with van der Waals surface area (Å²) in [4.78, 5) is 3.99. The van der Waals surface area contributed by atoms with Gasteiger partial charge in [-0.1, -0.05) is 19.1 Å². The van der Waals surface area contributed by atoms with Crippen LogP contribution in [0.4, 0.5) is 0 Å². The van der Waals surface area contributed by atoms with Crippen LogP contribution >= 0.6 is 11.8 Å². The van der Waals surface area contributed by atoms with E-state index in [1.54, 1.807) is 0 Å². The van der Waals surface area contributed by atoms with Gasteiger partial charge in [-0.2, -0.15) is 0 Å². The van der Waals surface area contributed by atoms with Crippen molar-refractivity contribution in [2.75, 3.05) is 31.9 Å². The second-order valence-electron chi connectivity index (χ2n) is 4.82. The number of rotatable bonds is 7. The predicted molar refractivity (Wildman–Crippen MR) is 80.2 cm³/mol. The summed E-state index contributed by atoms with van der Waals surface area (Å²) in [6.07, 6.45) is 2.78. The molecule has 1 aliphatic rings. The van der Waals surface area contributed by atoms with E-state index in [0.29, 0.717) is 0 Å². The van der Waals surface area contributed by atoms with Gasteiger partial charge in [-0.05, 0) is 50.2 Å². The molecule has 1 aliphatic heterocycles. The van der Waals surface area contributed by atoms with Crippen molar-refractivity contribution in [2.24, 2.45) is 0 Å². The topological polar surface area (TPSA) is 15.3 Å². The molecule has 1 aromatic rings. The summed E-state index contributed by atoms with van der Waals surface area (Å²) in [7, 11) is 0. The third-order valence-corrected chi connectivity index (χ3v) is 4.33. The molecule has 0 spiro atoms. The molecule has 1 fully saturated rings. The van der Waals surface area contributed by atoms with Crippen LogP contribution in [-0.2, 0) is 6.54 Å². The van der Waals surface area contributed by atoms with Crippen molar-refractivity contribution in [3.05, 3.63) is 29.8 Å². The Labute approximate surface area is 115 Å². The molecule has 0 aliphatic carbocycles. The normalized spacial score (nSPS) is 16.3. The van der Waals surface area contributed by atoms with E-state index in [0.717, 1.165) is 13.1 Å². The summed E-state index contributed by atoms with van der Waals surface area (Å²) in [6.45, 7) is 8.02. The van der Waals surface area contributed by atoms with Gasteiger partial charge in [0, 0.05) is 23.7 Å². The van der Waals surface area contributed by atoms with Crippen LogP contribution in [0.2, 0.25) is 0 Å². The van der Waals surface area contributed by atoms with Crippen molar-refractivity contribution in [1.82, 2.24) is 10.2 Å². The molecular weight excluding hydrogens is 240 g/mol. The van der Waals surface area contributed by atoms with E-state index in [1.165, 1.54) is 48.7 Å². The highest BCUT2D eigenvalue weighted by atomic mass is 32.2. The first kappa shape index (κ1) is 13.9. The van der Waals surface area contributed by atoms with Gasteiger partial charge in [-0.3, -0.25) is 0 Å². The first-order chi connectivity index (χ1) is 8.88. The van der Waals surface area contributed by atoms with Gasteiger partial charge < -0.3 is 10.2 Å². The molecular formula is C15H24N2S. The largest absolute Gasteiger partial charge is 0.313 e. The Morgan fingerprint density at radius 3 is 2.89 bits per heavy atom. The zero-order chi connectivity index (χ0) is 12.6. The molecule has 0 bridgehead atoms. The molecule has 2 rings (SSSR count). The molecule has 100 valence electrons. The van der Waals surface area contributed by atoms with E-state index in [2.05, 4.69) is 41.4 Å². The Kier molecular flexibility index (Phi) is 6.05. The Balaban J connectivity index is 1.74. The van der Waals surface area contributed by atoms with Crippen LogP contribution in [0.1, 0.15) is 25.3 Å². The van der Waals surface area contributed by atoms with Crippen molar-refractivity contribution in [2.45, 2.75) is 31.2 Å². The van der Waals surface area contributed by atoms with Gasteiger partial charge in [0.1, 0.15) is 0 Å². The second-order valence-corrected chi connectivity index (χ2v) is 5.99. The third kappa shape index (κ3) is 4.63. The maximum atomic E-state index is 3.38. The fraction of sp³-hybridized carbons (Fsp3) is 0.600. The number of nitrogens with one attached hydrogen (secondary N) is 1. The molecule has 0 atom stereocenters. The van der Waals surface area contributed by atoms with Crippen molar-refractivity contribution >= 4 is 11.8 Å². The molecule has 1 heterocycles. The Bertz CT molecular complexity index is 348. The molecule has 3 heteroatoms. The standard InChI is InChI=1S/C15H24N2S/c1-2-16-13-14-6-5-7-15(12-14)18-11-10-17-8-3-4-9-17/h5-7,12,16H,2-4,8-11,13H2,1H3. The van der Waals surface area contributed by atoms with E-state index >= 15 is 0 Å². The van der Waals surface area contributed by atoms with Crippen molar-refractivity contribution in [3.63, 3.8) is 0 Å². The maximum Gasteiger partial charge on any atom is 0.0205 e. The van der Waals surface area contributed by atoms with Gasteiger partial charge >= 0.3 is 0 Å². The van der Waals surface area contributed by atoms with Crippen LogP contribution < -0.4 is 5.32 Å². The van der Waals surface area contributed by atoms with Crippen LogP contribution in [0.15, 0.2) is 29.2 Å². The lowest BCUT2D eigenvalue weighted by Gasteiger charge is -2.13. The first-order valence-corrected chi connectivity index (χ1v) is 8.02. The Morgan fingerprint density at radius 2 is 2.11 bits per heavy atom. The molecule has 2 nitrogen and oxygen atoms in total. The average Bonchev–Trinajstić information content (AvgIpc) is 2.90. The predicted octanol–water partition coefficient (Wildman–Crippen LogP) is 2.98. The minimum atomic E-state index is 0.983. The molecule has 0 aromatic heterocycles. The van der Waals surface area contributed by atoms with E-state index in [4.69, 9.17) is 0 Å². The van der Waals surface area contributed by atoms with Gasteiger partial charge in [0.2, 0.25) is 0 Å². The van der Waals surface area contributed by atoms with E-state index in [1.807, 2.05) is 11.8 Å². The summed E-state index contributed by atoms with van der Waals surface area (Å²) < 4.78 is 0. The SMILES string of the molecule is CCNCc1cccc(SCCN2CCCC2)c1. The Morgan fingerprint density at radius 1 is 1.28 bits per heavy atom. The van der Waals surface area contributed by atoms with Gasteiger partial charge in [0.15, 0.2) is 0 Å². The number of hydrogen-bond donors (Lipinski definition) is 1. The summed E-state index contributed by atoms with van der Waals surface area (Å²) in [5, 5.41) is 3.38. The molecule has 18 heavy (non-hydrogen) atoms. The quantitative estimate of drug-likeness (QED) is 0.762. The average molecular weight is 264 g/mol. The van der Waals surface area contributed by atoms with Gasteiger partial charge in [0.05, 0.1) is 0 Å². The number of hydrogen-bond acceptors (Lipinski definition) is 3. The molecule has 0 amide bonds. The Hall–Kier alpha value is -0.510. The number of nitrogens with zero attached hydrogens (tertiary/aromatic N) is 1. The molecule has 1 saturated heterocycles. The number of benzene rings is 1. The van der Waals surface area contributed by atoms with Crippen molar-refractivity contribution in [3.8, 4) is 0 Å². The summed E-state index contributed by atoms with van der Waals surface area (Å²) in [6, 6.07) is 8.92. The highest BCUT2D eigenvalue weighted by molar-refractivity contribution is 7.99. The second kappa shape index (κ2) is 7.82. The fourth-order valence-electron chi connectivity index (χ4n) is 2.31. The van der Waals surface area contributed by atoms with E-state index in [-0.39, 0.29) is 0 Å². The van der Waals surface area contributed by atoms with Crippen molar-refractivity contribution < 1.29 is 0 Å². The lowest BCUT2D eigenvalue weighted by molar-refractivity contribution is 0.362. The first-order valence-electron chi connectivity index (χ1n) is 7.03. The molecule has 0 unspecified atom stereocenters. The van der Waals surface area contributed by atoms with Crippen molar-refractivity contribution in [1.29, 1.82) is 0 Å². The lowest BCUT2D eigenvalue weighted by Crippen LogP contribution is -2.21. The summed E-state index contributed by atoms with van der Waals surface area (Å²) >= 11 is 1.99. The minimum Gasteiger partial charge on any atom is -0.313 e. The van der Waals surface area contributed by atoms with Crippen LogP contribution in [0.5, 0.6) is 0 Å². The number of thioether (sulfide) groups is 1. The van der Waals surface area contributed by atoms with Crippen LogP contribution in [0, 0.1) is 0 Å². The number of likely N-dealkylation sites (tertiary alicyclic amines) is 1. The van der Waals surface area contributed by atoms with Crippen LogP contribution in [0.25, 0.3) is 0 Å². The van der Waals surface area contributed by atoms with Gasteiger partial charge in [-0.15, -0.1) is 11.8 Å². The van der Waals surface area contributed by atoms with Crippen LogP contribution in [-0.4, -0.2) is 36.8 Å². The fourth-order valence-corrected chi connectivity index (χ4v) is 3.31. The maximum absolute atomic E-state index is 3.38. The summed E-state index contributed by atoms with van der Waals surface area (Å²) in [5.41, 5.74) is 1.39. The third-order valence-electron chi connectivity index (χ3n) is 3.35. The van der Waals surface area contributed by atoms with E-state index in [9.17, 15) is 0 Å². The molecule has 0 saturated carbocycles. The van der Waals surface area contributed by atoms with Gasteiger partial charge in [-0.25, -0.2) is 0 Å². The highest BCUT2D eigenvalue weighted by Crippen LogP contribution is 2.20. The molecule has 1 N–H and O–H groups in total. The zero-order valence-electron chi connectivity index (χ0n) is 11.3. The minimum absolute atomic E-state index is 0.983. The monoisotopic (exact) mass is 264 g/mol. The summed E-state index contributed by atoms with van der Waals surface area (Å²) in [5.74, 6) is 1.21. The zero-order valence-corrected chi connectivity index (χ0v) is 12.1. The van der Waals surface area contributed by atoms with E-state index < -0.39 is 0 Å². The molecule has 0 radical (unpaired) electrons. The highest BCUT2D eigenvalue weighted by Gasteiger charge is 2.10. The van der Waals surface area contributed by atoms with Crippen LogP contribution in [0.3, 0.4) is 0 Å². The van der Waals surface area contributed by atoms with Gasteiger partial charge in [0.25, 0.3) is 0 Å². The molecule has 1 aromatic carbocycles. The lowest BCUT2D eigenvalue weighted by atomic mass is 10.2.